The van der Waals surface area contributed by atoms with E-state index in [-0.39, 0.29) is 5.91 Å². The highest BCUT2D eigenvalue weighted by Crippen LogP contribution is 2.18. The van der Waals surface area contributed by atoms with Gasteiger partial charge in [-0.15, -0.1) is 0 Å². The van der Waals surface area contributed by atoms with Crippen LogP contribution < -0.4 is 14.9 Å². The van der Waals surface area contributed by atoms with Crippen molar-refractivity contribution in [3.63, 3.8) is 0 Å². The Morgan fingerprint density at radius 1 is 1.04 bits per heavy atom. The molecule has 5 nitrogen and oxygen atoms in total. The number of nitrogens with one attached hydrogen (secondary N) is 1. The van der Waals surface area contributed by atoms with Crippen LogP contribution >= 0.6 is 11.6 Å². The predicted molar refractivity (Wildman–Crippen MR) is 110 cm³/mol. The lowest BCUT2D eigenvalue weighted by Gasteiger charge is -2.09. The van der Waals surface area contributed by atoms with Gasteiger partial charge in [0.2, 0.25) is 0 Å². The van der Waals surface area contributed by atoms with Gasteiger partial charge in [-0.05, 0) is 54.1 Å². The van der Waals surface area contributed by atoms with E-state index in [4.69, 9.17) is 21.1 Å². The summed E-state index contributed by atoms with van der Waals surface area (Å²) in [5, 5.41) is 4.72. The molecule has 0 bridgehead atoms. The molecular formula is C22H19ClN2O3. The van der Waals surface area contributed by atoms with E-state index in [2.05, 4.69) is 10.5 Å². The van der Waals surface area contributed by atoms with Gasteiger partial charge in [0.25, 0.3) is 5.91 Å². The Morgan fingerprint density at radius 3 is 2.46 bits per heavy atom. The van der Waals surface area contributed by atoms with Crippen LogP contribution in [0.2, 0.25) is 5.02 Å². The minimum atomic E-state index is -0.307. The van der Waals surface area contributed by atoms with Crippen LogP contribution in [-0.2, 0) is 6.61 Å². The number of carbonyl (C=O) groups is 1. The first-order valence-corrected chi connectivity index (χ1v) is 8.97. The second kappa shape index (κ2) is 9.58. The van der Waals surface area contributed by atoms with Crippen molar-refractivity contribution >= 4 is 23.7 Å². The van der Waals surface area contributed by atoms with E-state index in [1.54, 1.807) is 37.6 Å². The van der Waals surface area contributed by atoms with Gasteiger partial charge in [-0.1, -0.05) is 35.9 Å². The number of carbonyl (C=O) groups excluding carboxylic acids is 1. The Bertz CT molecular complexity index is 954. The number of halogens is 1. The van der Waals surface area contributed by atoms with Crippen LogP contribution in [0, 0.1) is 0 Å². The lowest BCUT2D eigenvalue weighted by atomic mass is 10.2. The molecule has 0 aliphatic carbocycles. The minimum absolute atomic E-state index is 0.307. The molecule has 142 valence electrons. The molecule has 0 unspecified atom stereocenters. The maximum Gasteiger partial charge on any atom is 0.271 e. The number of amides is 1. The molecule has 0 spiro atoms. The first-order chi connectivity index (χ1) is 13.7. The molecule has 28 heavy (non-hydrogen) atoms. The third-order valence-electron chi connectivity index (χ3n) is 3.95. The summed E-state index contributed by atoms with van der Waals surface area (Å²) in [6, 6.07) is 21.7. The summed E-state index contributed by atoms with van der Waals surface area (Å²) in [5.41, 5.74) is 4.76. The van der Waals surface area contributed by atoms with Crippen molar-refractivity contribution in [2.24, 2.45) is 5.10 Å². The zero-order valence-corrected chi connectivity index (χ0v) is 16.0. The predicted octanol–water partition coefficient (Wildman–Crippen LogP) is 4.69. The van der Waals surface area contributed by atoms with Crippen molar-refractivity contribution < 1.29 is 14.3 Å². The maximum atomic E-state index is 12.1. The van der Waals surface area contributed by atoms with Crippen LogP contribution in [0.1, 0.15) is 21.5 Å². The van der Waals surface area contributed by atoms with Gasteiger partial charge in [0, 0.05) is 16.1 Å². The lowest BCUT2D eigenvalue weighted by Crippen LogP contribution is -2.17. The second-order valence-electron chi connectivity index (χ2n) is 5.88. The number of rotatable bonds is 7. The average molecular weight is 395 g/mol. The molecule has 0 saturated heterocycles. The fourth-order valence-electron chi connectivity index (χ4n) is 2.43. The van der Waals surface area contributed by atoms with Crippen LogP contribution in [0.4, 0.5) is 0 Å². The summed E-state index contributed by atoms with van der Waals surface area (Å²) in [4.78, 5) is 12.1. The largest absolute Gasteiger partial charge is 0.497 e. The lowest BCUT2D eigenvalue weighted by molar-refractivity contribution is 0.0955. The van der Waals surface area contributed by atoms with Crippen LogP contribution in [0.15, 0.2) is 77.9 Å². The fraction of sp³-hybridized carbons (Fsp3) is 0.0909. The highest BCUT2D eigenvalue weighted by atomic mass is 35.5. The van der Waals surface area contributed by atoms with Crippen molar-refractivity contribution in [1.82, 2.24) is 5.43 Å². The van der Waals surface area contributed by atoms with Crippen molar-refractivity contribution in [2.45, 2.75) is 6.61 Å². The number of benzene rings is 3. The molecule has 3 aromatic carbocycles. The Kier molecular flexibility index (Phi) is 6.65. The van der Waals surface area contributed by atoms with E-state index in [0.29, 0.717) is 28.7 Å². The molecule has 0 heterocycles. The van der Waals surface area contributed by atoms with Crippen LogP contribution in [0.25, 0.3) is 0 Å². The van der Waals surface area contributed by atoms with Crippen LogP contribution in [0.3, 0.4) is 0 Å². The van der Waals surface area contributed by atoms with Crippen molar-refractivity contribution in [1.29, 1.82) is 0 Å². The summed E-state index contributed by atoms with van der Waals surface area (Å²) in [5.74, 6) is 1.05. The number of hydrazone groups is 1. The number of methoxy groups -OCH3 is 1. The zero-order chi connectivity index (χ0) is 19.8. The highest BCUT2D eigenvalue weighted by Gasteiger charge is 2.05. The Balaban J connectivity index is 1.61. The van der Waals surface area contributed by atoms with E-state index < -0.39 is 0 Å². The van der Waals surface area contributed by atoms with Crippen molar-refractivity contribution in [3.8, 4) is 11.5 Å². The summed E-state index contributed by atoms with van der Waals surface area (Å²) < 4.78 is 10.9. The van der Waals surface area contributed by atoms with Gasteiger partial charge in [0.05, 0.1) is 13.3 Å². The first kappa shape index (κ1) is 19.5. The van der Waals surface area contributed by atoms with Gasteiger partial charge in [0.1, 0.15) is 18.1 Å². The summed E-state index contributed by atoms with van der Waals surface area (Å²) in [6.07, 6.45) is 1.55. The van der Waals surface area contributed by atoms with Gasteiger partial charge in [-0.3, -0.25) is 4.79 Å². The van der Waals surface area contributed by atoms with Gasteiger partial charge < -0.3 is 9.47 Å². The van der Waals surface area contributed by atoms with Gasteiger partial charge in [-0.25, -0.2) is 5.43 Å². The number of hydrogen-bond donors (Lipinski definition) is 1. The molecule has 0 aliphatic rings. The maximum absolute atomic E-state index is 12.1. The zero-order valence-electron chi connectivity index (χ0n) is 15.3. The van der Waals surface area contributed by atoms with Crippen molar-refractivity contribution in [3.05, 3.63) is 94.5 Å². The SMILES string of the molecule is COc1ccc(C(=O)N/N=C/c2ccccc2OCc2ccc(Cl)cc2)cc1. The van der Waals surface area contributed by atoms with Crippen molar-refractivity contribution in [2.75, 3.05) is 7.11 Å². The number of ether oxygens (including phenoxy) is 2. The quantitative estimate of drug-likeness (QED) is 0.467. The van der Waals surface area contributed by atoms with Gasteiger partial charge in [0.15, 0.2) is 0 Å². The van der Waals surface area contributed by atoms with Crippen LogP contribution in [0.5, 0.6) is 11.5 Å². The van der Waals surface area contributed by atoms with Gasteiger partial charge in [-0.2, -0.15) is 5.10 Å². The smallest absolute Gasteiger partial charge is 0.271 e. The molecule has 0 saturated carbocycles. The Hall–Kier alpha value is -3.31. The number of nitrogens with zero attached hydrogens (tertiary/aromatic N) is 1. The monoisotopic (exact) mass is 394 g/mol. The van der Waals surface area contributed by atoms with E-state index in [1.807, 2.05) is 48.5 Å². The number of hydrogen-bond acceptors (Lipinski definition) is 4. The standard InChI is InChI=1S/C22H19ClN2O3/c1-27-20-12-8-17(9-13-20)22(26)25-24-14-18-4-2-3-5-21(18)28-15-16-6-10-19(23)11-7-16/h2-14H,15H2,1H3,(H,25,26)/b24-14+. The molecule has 3 aromatic rings. The van der Waals surface area contributed by atoms with Crippen LogP contribution in [-0.4, -0.2) is 19.2 Å². The molecule has 0 atom stereocenters. The topological polar surface area (TPSA) is 59.9 Å². The molecule has 6 heteroatoms. The van der Waals surface area contributed by atoms with E-state index in [9.17, 15) is 4.79 Å². The molecule has 0 aromatic heterocycles. The highest BCUT2D eigenvalue weighted by molar-refractivity contribution is 6.30. The molecule has 3 rings (SSSR count). The third kappa shape index (κ3) is 5.34. The normalized spacial score (nSPS) is 10.6. The summed E-state index contributed by atoms with van der Waals surface area (Å²) >= 11 is 5.90. The Labute approximate surface area is 168 Å². The minimum Gasteiger partial charge on any atom is -0.497 e. The molecule has 0 radical (unpaired) electrons. The summed E-state index contributed by atoms with van der Waals surface area (Å²) in [6.45, 7) is 0.403. The molecular weight excluding hydrogens is 376 g/mol. The fourth-order valence-corrected chi connectivity index (χ4v) is 2.55. The molecule has 0 fully saturated rings. The van der Waals surface area contributed by atoms with Gasteiger partial charge >= 0.3 is 0 Å². The Morgan fingerprint density at radius 2 is 1.75 bits per heavy atom. The van der Waals surface area contributed by atoms with E-state index in [1.165, 1.54) is 0 Å². The third-order valence-corrected chi connectivity index (χ3v) is 4.20. The second-order valence-corrected chi connectivity index (χ2v) is 6.32. The molecule has 1 amide bonds. The number of para-hydroxylation sites is 1. The molecule has 0 aliphatic heterocycles. The van der Waals surface area contributed by atoms with E-state index in [0.717, 1.165) is 11.1 Å². The summed E-state index contributed by atoms with van der Waals surface area (Å²) in [7, 11) is 1.58. The molecule has 1 N–H and O–H groups in total. The average Bonchev–Trinajstić information content (AvgIpc) is 2.74. The van der Waals surface area contributed by atoms with E-state index >= 15 is 0 Å². The first-order valence-electron chi connectivity index (χ1n) is 8.59.